The molecule has 86 valence electrons. The Morgan fingerprint density at radius 3 is 1.80 bits per heavy atom. The number of aliphatic hydroxyl groups is 2. The maximum atomic E-state index is 9.77. The summed E-state index contributed by atoms with van der Waals surface area (Å²) in [6.07, 6.45) is 2.13. The lowest BCUT2D eigenvalue weighted by Gasteiger charge is -2.31. The second-order valence-electron chi connectivity index (χ2n) is 4.25. The van der Waals surface area contributed by atoms with Gasteiger partial charge in [-0.05, 0) is 39.8 Å². The predicted molar refractivity (Wildman–Crippen MR) is 56.7 cm³/mol. The van der Waals surface area contributed by atoms with Crippen LogP contribution in [-0.2, 0) is 0 Å². The zero-order chi connectivity index (χ0) is 12.1. The molecule has 0 amide bonds. The molecule has 0 saturated heterocycles. The molecule has 1 rings (SSSR count). The molecule has 1 heterocycles. The Hall–Kier alpha value is -1.13. The maximum Gasteiger partial charge on any atom is 0.185 e. The highest BCUT2D eigenvalue weighted by Crippen LogP contribution is 2.19. The monoisotopic (exact) mass is 214 g/mol. The largest absolute Gasteiger partial charge is 0.462 e. The van der Waals surface area contributed by atoms with Gasteiger partial charge in [-0.1, -0.05) is 0 Å². The first-order valence-electron chi connectivity index (χ1n) is 4.62. The molecule has 0 bridgehead atoms. The molecule has 4 heteroatoms. The van der Waals surface area contributed by atoms with Crippen LogP contribution in [0.3, 0.4) is 0 Å². The number of hydrogen-bond donors (Lipinski definition) is 2. The summed E-state index contributed by atoms with van der Waals surface area (Å²) in [5.41, 5.74) is -2.01. The van der Waals surface area contributed by atoms with Gasteiger partial charge in [-0.15, -0.1) is 0 Å². The summed E-state index contributed by atoms with van der Waals surface area (Å²) < 4.78 is 4.61. The lowest BCUT2D eigenvalue weighted by molar-refractivity contribution is -0.107. The maximum absolute atomic E-state index is 9.77. The average Bonchev–Trinajstić information content (AvgIpc) is 2.52. The van der Waals surface area contributed by atoms with Crippen LogP contribution < -0.4 is 0 Å². The lowest BCUT2D eigenvalue weighted by atomic mass is 9.90. The first-order valence-corrected chi connectivity index (χ1v) is 4.62. The highest BCUT2D eigenvalue weighted by molar-refractivity contribution is 5.69. The van der Waals surface area contributed by atoms with Crippen LogP contribution in [0.2, 0.25) is 0 Å². The van der Waals surface area contributed by atoms with E-state index in [1.165, 1.54) is 6.26 Å². The summed E-state index contributed by atoms with van der Waals surface area (Å²) in [4.78, 5) is 9.77. The molecule has 1 aromatic heterocycles. The highest BCUT2D eigenvalue weighted by atomic mass is 16.3. The average molecular weight is 214 g/mol. The Bertz CT molecular complexity index is 263. The summed E-state index contributed by atoms with van der Waals surface area (Å²) in [7, 11) is 0. The fraction of sp³-hybridized carbons (Fsp3) is 0.545. The molecular weight excluding hydrogens is 196 g/mol. The summed E-state index contributed by atoms with van der Waals surface area (Å²) in [6.45, 7) is 6.31. The minimum atomic E-state index is -1.01. The van der Waals surface area contributed by atoms with Gasteiger partial charge in [0.25, 0.3) is 0 Å². The van der Waals surface area contributed by atoms with Gasteiger partial charge >= 0.3 is 0 Å². The van der Waals surface area contributed by atoms with Crippen molar-refractivity contribution in [3.8, 4) is 0 Å². The van der Waals surface area contributed by atoms with Crippen molar-refractivity contribution >= 4 is 6.29 Å². The molecule has 0 spiro atoms. The number of carbonyl (C=O) groups is 1. The van der Waals surface area contributed by atoms with E-state index in [4.69, 9.17) is 10.2 Å². The van der Waals surface area contributed by atoms with Crippen molar-refractivity contribution in [2.24, 2.45) is 0 Å². The Kier molecular flexibility index (Phi) is 4.71. The van der Waals surface area contributed by atoms with E-state index in [9.17, 15) is 4.79 Å². The van der Waals surface area contributed by atoms with Crippen molar-refractivity contribution in [1.82, 2.24) is 0 Å². The van der Waals surface area contributed by atoms with Crippen LogP contribution in [0, 0.1) is 0 Å². The van der Waals surface area contributed by atoms with E-state index in [1.807, 2.05) is 0 Å². The second-order valence-corrected chi connectivity index (χ2v) is 4.25. The fourth-order valence-electron chi connectivity index (χ4n) is 0.358. The standard InChI is InChI=1S/C6H14O2.C5H4O2/c1-5(2,7)6(3,4)8;6-4-5-2-1-3-7-5/h7-8H,1-4H3;1-4H. The Morgan fingerprint density at radius 2 is 1.67 bits per heavy atom. The van der Waals surface area contributed by atoms with Crippen molar-refractivity contribution in [1.29, 1.82) is 0 Å². The Labute approximate surface area is 89.5 Å². The van der Waals surface area contributed by atoms with Crippen LogP contribution in [-0.4, -0.2) is 27.7 Å². The van der Waals surface area contributed by atoms with Gasteiger partial charge in [-0.2, -0.15) is 0 Å². The number of rotatable bonds is 2. The van der Waals surface area contributed by atoms with Gasteiger partial charge in [0.1, 0.15) is 0 Å². The molecule has 0 fully saturated rings. The van der Waals surface area contributed by atoms with Crippen LogP contribution in [0.15, 0.2) is 22.8 Å². The molecule has 4 nitrogen and oxygen atoms in total. The summed E-state index contributed by atoms with van der Waals surface area (Å²) in [6, 6.07) is 3.27. The van der Waals surface area contributed by atoms with E-state index in [1.54, 1.807) is 39.8 Å². The molecule has 0 saturated carbocycles. The van der Waals surface area contributed by atoms with E-state index >= 15 is 0 Å². The van der Waals surface area contributed by atoms with Crippen molar-refractivity contribution < 1.29 is 19.4 Å². The predicted octanol–water partition coefficient (Wildman–Crippen LogP) is 1.62. The van der Waals surface area contributed by atoms with E-state index in [0.717, 1.165) is 0 Å². The molecule has 0 aliphatic rings. The molecule has 0 aliphatic heterocycles. The van der Waals surface area contributed by atoms with Gasteiger partial charge in [0.2, 0.25) is 0 Å². The van der Waals surface area contributed by atoms with E-state index in [-0.39, 0.29) is 0 Å². The Balaban J connectivity index is 0.000000262. The molecule has 15 heavy (non-hydrogen) atoms. The zero-order valence-corrected chi connectivity index (χ0v) is 9.52. The van der Waals surface area contributed by atoms with Gasteiger partial charge in [0.15, 0.2) is 12.0 Å². The highest BCUT2D eigenvalue weighted by Gasteiger charge is 2.31. The van der Waals surface area contributed by atoms with Crippen molar-refractivity contribution in [2.75, 3.05) is 0 Å². The van der Waals surface area contributed by atoms with Crippen LogP contribution in [0.4, 0.5) is 0 Å². The molecule has 2 N–H and O–H groups in total. The minimum absolute atomic E-state index is 0.375. The minimum Gasteiger partial charge on any atom is -0.462 e. The number of hydrogen-bond acceptors (Lipinski definition) is 4. The van der Waals surface area contributed by atoms with Gasteiger partial charge in [0, 0.05) is 0 Å². The molecule has 0 unspecified atom stereocenters. The van der Waals surface area contributed by atoms with Gasteiger partial charge in [-0.25, -0.2) is 0 Å². The first kappa shape index (κ1) is 13.9. The quantitative estimate of drug-likeness (QED) is 0.734. The number of carbonyl (C=O) groups excluding carboxylic acids is 1. The van der Waals surface area contributed by atoms with E-state index in [0.29, 0.717) is 12.0 Å². The van der Waals surface area contributed by atoms with Crippen LogP contribution in [0.5, 0.6) is 0 Å². The second kappa shape index (κ2) is 5.09. The van der Waals surface area contributed by atoms with Crippen molar-refractivity contribution in [3.05, 3.63) is 24.2 Å². The molecule has 0 aromatic carbocycles. The smallest absolute Gasteiger partial charge is 0.185 e. The summed E-state index contributed by atoms with van der Waals surface area (Å²) in [5, 5.41) is 18.2. The van der Waals surface area contributed by atoms with Gasteiger partial charge in [0.05, 0.1) is 17.5 Å². The third-order valence-electron chi connectivity index (χ3n) is 2.16. The molecule has 0 atom stereocenters. The van der Waals surface area contributed by atoms with Crippen molar-refractivity contribution in [3.63, 3.8) is 0 Å². The molecule has 0 aliphatic carbocycles. The molecular formula is C11H18O4. The first-order chi connectivity index (χ1) is 6.68. The Morgan fingerprint density at radius 1 is 1.20 bits per heavy atom. The van der Waals surface area contributed by atoms with Gasteiger partial charge < -0.3 is 14.6 Å². The summed E-state index contributed by atoms with van der Waals surface area (Å²) >= 11 is 0. The van der Waals surface area contributed by atoms with Crippen molar-refractivity contribution in [2.45, 2.75) is 38.9 Å². The zero-order valence-electron chi connectivity index (χ0n) is 9.52. The van der Waals surface area contributed by atoms with Crippen LogP contribution >= 0.6 is 0 Å². The lowest BCUT2D eigenvalue weighted by Crippen LogP contribution is -2.44. The van der Waals surface area contributed by atoms with E-state index < -0.39 is 11.2 Å². The van der Waals surface area contributed by atoms with Crippen LogP contribution in [0.1, 0.15) is 38.2 Å². The summed E-state index contributed by atoms with van der Waals surface area (Å²) in [5.74, 6) is 0.375. The van der Waals surface area contributed by atoms with Gasteiger partial charge in [-0.3, -0.25) is 4.79 Å². The number of furan rings is 1. The topological polar surface area (TPSA) is 70.7 Å². The normalized spacial score (nSPS) is 11.6. The third kappa shape index (κ3) is 5.34. The molecule has 1 aromatic rings. The SMILES string of the molecule is CC(C)(O)C(C)(C)O.O=Cc1ccco1. The fourth-order valence-corrected chi connectivity index (χ4v) is 0.358. The number of aldehydes is 1. The van der Waals surface area contributed by atoms with Crippen LogP contribution in [0.25, 0.3) is 0 Å². The van der Waals surface area contributed by atoms with E-state index in [2.05, 4.69) is 4.42 Å². The molecule has 0 radical (unpaired) electrons. The third-order valence-corrected chi connectivity index (χ3v) is 2.16.